The SMILES string of the molecule is CC(C)c1cc(Cl)nc(-c2ccccn2)n1. The van der Waals surface area contributed by atoms with Crippen LogP contribution in [0.1, 0.15) is 25.5 Å². The van der Waals surface area contributed by atoms with E-state index < -0.39 is 0 Å². The van der Waals surface area contributed by atoms with Crippen molar-refractivity contribution in [1.29, 1.82) is 0 Å². The summed E-state index contributed by atoms with van der Waals surface area (Å²) in [4.78, 5) is 12.8. The number of aromatic nitrogens is 3. The summed E-state index contributed by atoms with van der Waals surface area (Å²) in [5, 5.41) is 0.458. The molecule has 0 N–H and O–H groups in total. The van der Waals surface area contributed by atoms with Crippen LogP contribution in [0.25, 0.3) is 11.5 Å². The van der Waals surface area contributed by atoms with E-state index in [-0.39, 0.29) is 0 Å². The number of rotatable bonds is 2. The van der Waals surface area contributed by atoms with E-state index in [1.54, 1.807) is 12.3 Å². The predicted octanol–water partition coefficient (Wildman–Crippen LogP) is 3.32. The van der Waals surface area contributed by atoms with Crippen LogP contribution in [0.5, 0.6) is 0 Å². The van der Waals surface area contributed by atoms with E-state index >= 15 is 0 Å². The van der Waals surface area contributed by atoms with E-state index in [1.807, 2.05) is 18.2 Å². The molecule has 0 unspecified atom stereocenters. The minimum absolute atomic E-state index is 0.322. The molecular formula is C12H12ClN3. The molecule has 16 heavy (non-hydrogen) atoms. The molecule has 0 aliphatic heterocycles. The molecule has 0 fully saturated rings. The van der Waals surface area contributed by atoms with E-state index in [0.717, 1.165) is 11.4 Å². The van der Waals surface area contributed by atoms with Gasteiger partial charge < -0.3 is 0 Å². The van der Waals surface area contributed by atoms with Crippen LogP contribution in [0.3, 0.4) is 0 Å². The molecule has 2 rings (SSSR count). The fraction of sp³-hybridized carbons (Fsp3) is 0.250. The predicted molar refractivity (Wildman–Crippen MR) is 64.4 cm³/mol. The van der Waals surface area contributed by atoms with Crippen molar-refractivity contribution in [2.75, 3.05) is 0 Å². The van der Waals surface area contributed by atoms with Gasteiger partial charge in [0, 0.05) is 11.9 Å². The lowest BCUT2D eigenvalue weighted by Gasteiger charge is -2.06. The van der Waals surface area contributed by atoms with Crippen LogP contribution < -0.4 is 0 Å². The standard InChI is InChI=1S/C12H12ClN3/c1-8(2)10-7-11(13)16-12(15-10)9-5-3-4-6-14-9/h3-8H,1-2H3. The van der Waals surface area contributed by atoms with Crippen LogP contribution >= 0.6 is 11.6 Å². The molecule has 0 atom stereocenters. The van der Waals surface area contributed by atoms with E-state index in [1.165, 1.54) is 0 Å². The molecule has 82 valence electrons. The van der Waals surface area contributed by atoms with Crippen molar-refractivity contribution in [3.8, 4) is 11.5 Å². The van der Waals surface area contributed by atoms with Gasteiger partial charge in [-0.15, -0.1) is 0 Å². The van der Waals surface area contributed by atoms with Crippen molar-refractivity contribution >= 4 is 11.6 Å². The first kappa shape index (κ1) is 11.0. The molecule has 0 bridgehead atoms. The van der Waals surface area contributed by atoms with E-state index in [9.17, 15) is 0 Å². The zero-order chi connectivity index (χ0) is 11.5. The zero-order valence-corrected chi connectivity index (χ0v) is 9.94. The molecular weight excluding hydrogens is 222 g/mol. The quantitative estimate of drug-likeness (QED) is 0.747. The van der Waals surface area contributed by atoms with Crippen molar-refractivity contribution in [3.05, 3.63) is 41.3 Å². The zero-order valence-electron chi connectivity index (χ0n) is 9.18. The van der Waals surface area contributed by atoms with Gasteiger partial charge in [-0.3, -0.25) is 4.98 Å². The molecule has 0 aliphatic rings. The Hall–Kier alpha value is -1.48. The van der Waals surface area contributed by atoms with Crippen LogP contribution in [-0.2, 0) is 0 Å². The number of hydrogen-bond acceptors (Lipinski definition) is 3. The summed E-state index contributed by atoms with van der Waals surface area (Å²) < 4.78 is 0. The summed E-state index contributed by atoms with van der Waals surface area (Å²) in [5.41, 5.74) is 1.67. The van der Waals surface area contributed by atoms with Crippen molar-refractivity contribution < 1.29 is 0 Å². The molecule has 4 heteroatoms. The van der Waals surface area contributed by atoms with Crippen LogP contribution in [0.15, 0.2) is 30.5 Å². The van der Waals surface area contributed by atoms with Gasteiger partial charge >= 0.3 is 0 Å². The van der Waals surface area contributed by atoms with Gasteiger partial charge in [0.15, 0.2) is 5.82 Å². The molecule has 0 amide bonds. The highest BCUT2D eigenvalue weighted by atomic mass is 35.5. The number of hydrogen-bond donors (Lipinski definition) is 0. The normalized spacial score (nSPS) is 10.8. The van der Waals surface area contributed by atoms with Crippen LogP contribution in [0, 0.1) is 0 Å². The van der Waals surface area contributed by atoms with Crippen LogP contribution in [0.4, 0.5) is 0 Å². The van der Waals surface area contributed by atoms with Crippen LogP contribution in [-0.4, -0.2) is 15.0 Å². The summed E-state index contributed by atoms with van der Waals surface area (Å²) in [6.07, 6.45) is 1.72. The Kier molecular flexibility index (Phi) is 3.15. The minimum atomic E-state index is 0.322. The Morgan fingerprint density at radius 2 is 2.00 bits per heavy atom. The molecule has 3 nitrogen and oxygen atoms in total. The molecule has 0 radical (unpaired) electrons. The highest BCUT2D eigenvalue weighted by Crippen LogP contribution is 2.20. The van der Waals surface area contributed by atoms with Gasteiger partial charge in [0.05, 0.1) is 0 Å². The molecule has 0 saturated carbocycles. The Bertz CT molecular complexity index is 483. The topological polar surface area (TPSA) is 38.7 Å². The first-order valence-corrected chi connectivity index (χ1v) is 5.50. The molecule has 0 saturated heterocycles. The average molecular weight is 234 g/mol. The van der Waals surface area contributed by atoms with Gasteiger partial charge in [0.1, 0.15) is 10.8 Å². The molecule has 2 heterocycles. The Labute approximate surface area is 99.5 Å². The van der Waals surface area contributed by atoms with E-state index in [2.05, 4.69) is 28.8 Å². The Morgan fingerprint density at radius 3 is 2.62 bits per heavy atom. The maximum Gasteiger partial charge on any atom is 0.179 e. The van der Waals surface area contributed by atoms with E-state index in [0.29, 0.717) is 16.9 Å². The number of nitrogens with zero attached hydrogens (tertiary/aromatic N) is 3. The van der Waals surface area contributed by atoms with Crippen molar-refractivity contribution in [3.63, 3.8) is 0 Å². The third-order valence-corrected chi connectivity index (χ3v) is 2.39. The monoisotopic (exact) mass is 233 g/mol. The lowest BCUT2D eigenvalue weighted by molar-refractivity contribution is 0.816. The fourth-order valence-electron chi connectivity index (χ4n) is 1.34. The highest BCUT2D eigenvalue weighted by Gasteiger charge is 2.08. The lowest BCUT2D eigenvalue weighted by Crippen LogP contribution is -1.98. The van der Waals surface area contributed by atoms with Crippen molar-refractivity contribution in [2.45, 2.75) is 19.8 Å². The molecule has 2 aromatic heterocycles. The van der Waals surface area contributed by atoms with Gasteiger partial charge in [0.25, 0.3) is 0 Å². The number of halogens is 1. The molecule has 0 aromatic carbocycles. The van der Waals surface area contributed by atoms with E-state index in [4.69, 9.17) is 11.6 Å². The Balaban J connectivity index is 2.50. The summed E-state index contributed by atoms with van der Waals surface area (Å²) in [7, 11) is 0. The third kappa shape index (κ3) is 2.36. The van der Waals surface area contributed by atoms with Gasteiger partial charge in [-0.1, -0.05) is 31.5 Å². The summed E-state index contributed by atoms with van der Waals surface area (Å²) in [6, 6.07) is 7.42. The first-order chi connectivity index (χ1) is 7.66. The van der Waals surface area contributed by atoms with Crippen molar-refractivity contribution in [1.82, 2.24) is 15.0 Å². The second kappa shape index (κ2) is 4.58. The maximum atomic E-state index is 5.97. The van der Waals surface area contributed by atoms with Gasteiger partial charge in [-0.25, -0.2) is 9.97 Å². The third-order valence-electron chi connectivity index (χ3n) is 2.20. The Morgan fingerprint density at radius 1 is 1.19 bits per heavy atom. The molecule has 0 aliphatic carbocycles. The second-order valence-corrected chi connectivity index (χ2v) is 4.20. The lowest BCUT2D eigenvalue weighted by atomic mass is 10.1. The molecule has 0 spiro atoms. The van der Waals surface area contributed by atoms with Gasteiger partial charge in [-0.05, 0) is 24.1 Å². The highest BCUT2D eigenvalue weighted by molar-refractivity contribution is 6.29. The molecule has 2 aromatic rings. The van der Waals surface area contributed by atoms with Crippen LogP contribution in [0.2, 0.25) is 5.15 Å². The maximum absolute atomic E-state index is 5.97. The summed E-state index contributed by atoms with van der Waals surface area (Å²) >= 11 is 5.97. The van der Waals surface area contributed by atoms with Gasteiger partial charge in [-0.2, -0.15) is 0 Å². The number of pyridine rings is 1. The van der Waals surface area contributed by atoms with Gasteiger partial charge in [0.2, 0.25) is 0 Å². The van der Waals surface area contributed by atoms with Crippen molar-refractivity contribution in [2.24, 2.45) is 0 Å². The first-order valence-electron chi connectivity index (χ1n) is 5.12. The minimum Gasteiger partial charge on any atom is -0.253 e. The fourth-order valence-corrected chi connectivity index (χ4v) is 1.53. The average Bonchev–Trinajstić information content (AvgIpc) is 2.29. The largest absolute Gasteiger partial charge is 0.253 e. The summed E-state index contributed by atoms with van der Waals surface area (Å²) in [5.74, 6) is 0.903. The smallest absolute Gasteiger partial charge is 0.179 e. The summed E-state index contributed by atoms with van der Waals surface area (Å²) in [6.45, 7) is 4.14. The second-order valence-electron chi connectivity index (χ2n) is 3.81.